The first-order valence-electron chi connectivity index (χ1n) is 9.39. The molecule has 3 rings (SSSR count). The van der Waals surface area contributed by atoms with Crippen LogP contribution in [-0.2, 0) is 11.2 Å². The van der Waals surface area contributed by atoms with Crippen molar-refractivity contribution in [2.45, 2.75) is 50.1 Å². The normalized spacial score (nSPS) is 13.1. The molecule has 0 aliphatic rings. The summed E-state index contributed by atoms with van der Waals surface area (Å²) in [6, 6.07) is 18.4. The molecule has 2 aromatic carbocycles. The quantitative estimate of drug-likeness (QED) is 0.590. The maximum absolute atomic E-state index is 12.6. The Kier molecular flexibility index (Phi) is 6.81. The van der Waals surface area contributed by atoms with E-state index in [2.05, 4.69) is 33.0 Å². The molecule has 0 spiro atoms. The maximum atomic E-state index is 12.6. The highest BCUT2D eigenvalue weighted by atomic mass is 32.2. The minimum Gasteiger partial charge on any atom is -0.353 e. The molecule has 0 saturated carbocycles. The number of carbonyl (C=O) groups excluding carboxylic acids is 1. The van der Waals surface area contributed by atoms with Crippen molar-refractivity contribution in [3.8, 4) is 5.69 Å². The van der Waals surface area contributed by atoms with Gasteiger partial charge in [-0.15, -0.1) is 5.10 Å². The predicted octanol–water partition coefficient (Wildman–Crippen LogP) is 3.59. The van der Waals surface area contributed by atoms with Crippen LogP contribution >= 0.6 is 11.8 Å². The number of hydrogen-bond donors (Lipinski definition) is 1. The van der Waals surface area contributed by atoms with Crippen LogP contribution in [0, 0.1) is 6.92 Å². The monoisotopic (exact) mass is 395 g/mol. The zero-order valence-electron chi connectivity index (χ0n) is 16.4. The number of hydrogen-bond acceptors (Lipinski definition) is 5. The van der Waals surface area contributed by atoms with Crippen LogP contribution in [0.4, 0.5) is 0 Å². The van der Waals surface area contributed by atoms with Crippen LogP contribution in [0.15, 0.2) is 59.8 Å². The molecule has 0 bridgehead atoms. The largest absolute Gasteiger partial charge is 0.353 e. The zero-order chi connectivity index (χ0) is 19.9. The van der Waals surface area contributed by atoms with Gasteiger partial charge in [-0.05, 0) is 61.7 Å². The van der Waals surface area contributed by atoms with Gasteiger partial charge in [-0.1, -0.05) is 59.8 Å². The number of tetrazole rings is 1. The van der Waals surface area contributed by atoms with Crippen LogP contribution in [0.3, 0.4) is 0 Å². The molecule has 0 aliphatic carbocycles. The molecular formula is C21H25N5OS. The number of aryl methyl sites for hydroxylation is 2. The summed E-state index contributed by atoms with van der Waals surface area (Å²) in [5.74, 6) is -0.0102. The van der Waals surface area contributed by atoms with E-state index < -0.39 is 0 Å². The van der Waals surface area contributed by atoms with Crippen molar-refractivity contribution >= 4 is 17.7 Å². The Balaban J connectivity index is 1.54. The Hall–Kier alpha value is -2.67. The molecule has 146 valence electrons. The van der Waals surface area contributed by atoms with Gasteiger partial charge in [0.05, 0.1) is 10.9 Å². The second-order valence-electron chi connectivity index (χ2n) is 6.90. The van der Waals surface area contributed by atoms with E-state index in [0.717, 1.165) is 18.5 Å². The first-order chi connectivity index (χ1) is 13.5. The third kappa shape index (κ3) is 5.42. The Labute approximate surface area is 169 Å². The van der Waals surface area contributed by atoms with Crippen molar-refractivity contribution in [3.63, 3.8) is 0 Å². The van der Waals surface area contributed by atoms with E-state index in [1.54, 1.807) is 4.68 Å². The molecule has 7 heteroatoms. The lowest BCUT2D eigenvalue weighted by Gasteiger charge is -2.17. The molecule has 0 fully saturated rings. The average molecular weight is 396 g/mol. The molecular weight excluding hydrogens is 370 g/mol. The summed E-state index contributed by atoms with van der Waals surface area (Å²) in [6.07, 6.45) is 1.84. The summed E-state index contributed by atoms with van der Waals surface area (Å²) in [4.78, 5) is 12.6. The highest BCUT2D eigenvalue weighted by Crippen LogP contribution is 2.23. The Bertz CT molecular complexity index is 895. The summed E-state index contributed by atoms with van der Waals surface area (Å²) >= 11 is 1.36. The molecule has 28 heavy (non-hydrogen) atoms. The van der Waals surface area contributed by atoms with Crippen molar-refractivity contribution in [1.82, 2.24) is 25.5 Å². The number of benzene rings is 2. The van der Waals surface area contributed by atoms with Crippen LogP contribution in [0.2, 0.25) is 0 Å². The van der Waals surface area contributed by atoms with E-state index >= 15 is 0 Å². The van der Waals surface area contributed by atoms with Gasteiger partial charge < -0.3 is 5.32 Å². The third-order valence-electron chi connectivity index (χ3n) is 4.47. The summed E-state index contributed by atoms with van der Waals surface area (Å²) in [5.41, 5.74) is 3.33. The van der Waals surface area contributed by atoms with Crippen LogP contribution in [0.25, 0.3) is 5.69 Å². The van der Waals surface area contributed by atoms with Gasteiger partial charge in [-0.2, -0.15) is 4.68 Å². The molecule has 0 aliphatic heterocycles. The Morgan fingerprint density at radius 2 is 1.82 bits per heavy atom. The first-order valence-corrected chi connectivity index (χ1v) is 10.3. The van der Waals surface area contributed by atoms with Gasteiger partial charge in [0.25, 0.3) is 0 Å². The minimum absolute atomic E-state index is 0.0102. The molecule has 0 saturated heterocycles. The van der Waals surface area contributed by atoms with Crippen LogP contribution in [-0.4, -0.2) is 37.4 Å². The molecule has 0 unspecified atom stereocenters. The zero-order valence-corrected chi connectivity index (χ0v) is 17.2. The smallest absolute Gasteiger partial charge is 0.233 e. The summed E-state index contributed by atoms with van der Waals surface area (Å²) < 4.78 is 1.66. The lowest BCUT2D eigenvalue weighted by Crippen LogP contribution is -2.38. The predicted molar refractivity (Wildman–Crippen MR) is 112 cm³/mol. The summed E-state index contributed by atoms with van der Waals surface area (Å²) in [5, 5.41) is 15.3. The molecule has 6 nitrogen and oxygen atoms in total. The van der Waals surface area contributed by atoms with Crippen LogP contribution in [0.1, 0.15) is 31.4 Å². The van der Waals surface area contributed by atoms with E-state index in [1.165, 1.54) is 22.9 Å². The minimum atomic E-state index is -0.297. The number of rotatable bonds is 8. The maximum Gasteiger partial charge on any atom is 0.233 e. The topological polar surface area (TPSA) is 72.7 Å². The fraction of sp³-hybridized carbons (Fsp3) is 0.333. The Morgan fingerprint density at radius 3 is 2.54 bits per heavy atom. The molecule has 1 heterocycles. The van der Waals surface area contributed by atoms with Gasteiger partial charge in [0.1, 0.15) is 0 Å². The van der Waals surface area contributed by atoms with Crippen LogP contribution < -0.4 is 5.32 Å². The fourth-order valence-corrected chi connectivity index (χ4v) is 3.59. The van der Waals surface area contributed by atoms with E-state index in [-0.39, 0.29) is 17.2 Å². The molecule has 1 aromatic heterocycles. The second kappa shape index (κ2) is 9.50. The summed E-state index contributed by atoms with van der Waals surface area (Å²) in [6.45, 7) is 5.94. The SMILES string of the molecule is Cc1ccc(-n2nnnc2S[C@H](C)C(=O)N[C@@H](C)CCc2ccccc2)cc1. The number of amides is 1. The van der Waals surface area contributed by atoms with Crippen LogP contribution in [0.5, 0.6) is 0 Å². The van der Waals surface area contributed by atoms with Gasteiger partial charge in [0, 0.05) is 6.04 Å². The van der Waals surface area contributed by atoms with E-state index in [0.29, 0.717) is 5.16 Å². The van der Waals surface area contributed by atoms with E-state index in [9.17, 15) is 4.79 Å². The van der Waals surface area contributed by atoms with E-state index in [4.69, 9.17) is 0 Å². The van der Waals surface area contributed by atoms with Gasteiger partial charge in [0.2, 0.25) is 11.1 Å². The highest BCUT2D eigenvalue weighted by Gasteiger charge is 2.20. The first kappa shape index (κ1) is 20.1. The van der Waals surface area contributed by atoms with Crippen molar-refractivity contribution in [1.29, 1.82) is 0 Å². The van der Waals surface area contributed by atoms with Crippen molar-refractivity contribution in [2.75, 3.05) is 0 Å². The Morgan fingerprint density at radius 1 is 1.11 bits per heavy atom. The average Bonchev–Trinajstić information content (AvgIpc) is 3.16. The summed E-state index contributed by atoms with van der Waals surface area (Å²) in [7, 11) is 0. The standard InChI is InChI=1S/C21H25N5OS/c1-15-9-13-19(14-10-15)26-21(23-24-25-26)28-17(3)20(27)22-16(2)11-12-18-7-5-4-6-8-18/h4-10,13-14,16-17H,11-12H2,1-3H3,(H,22,27)/t16-,17+/m0/s1. The van der Waals surface area contributed by atoms with Gasteiger partial charge in [-0.3, -0.25) is 4.79 Å². The van der Waals surface area contributed by atoms with Gasteiger partial charge in [-0.25, -0.2) is 0 Å². The number of thioether (sulfide) groups is 1. The van der Waals surface area contributed by atoms with Crippen molar-refractivity contribution in [2.24, 2.45) is 0 Å². The molecule has 3 aromatic rings. The molecule has 2 atom stereocenters. The lowest BCUT2D eigenvalue weighted by molar-refractivity contribution is -0.120. The third-order valence-corrected chi connectivity index (χ3v) is 5.50. The number of aromatic nitrogens is 4. The molecule has 0 radical (unpaired) electrons. The lowest BCUT2D eigenvalue weighted by atomic mass is 10.1. The number of nitrogens with one attached hydrogen (secondary N) is 1. The van der Waals surface area contributed by atoms with Crippen molar-refractivity contribution in [3.05, 3.63) is 65.7 Å². The van der Waals surface area contributed by atoms with Crippen molar-refractivity contribution < 1.29 is 4.79 Å². The van der Waals surface area contributed by atoms with Gasteiger partial charge in [0.15, 0.2) is 0 Å². The fourth-order valence-electron chi connectivity index (χ4n) is 2.77. The molecule has 1 amide bonds. The molecule has 1 N–H and O–H groups in total. The van der Waals surface area contributed by atoms with Gasteiger partial charge >= 0.3 is 0 Å². The highest BCUT2D eigenvalue weighted by molar-refractivity contribution is 8.00. The number of carbonyl (C=O) groups is 1. The second-order valence-corrected chi connectivity index (χ2v) is 8.21. The number of nitrogens with zero attached hydrogens (tertiary/aromatic N) is 4. The van der Waals surface area contributed by atoms with E-state index in [1.807, 2.05) is 63.2 Å².